The minimum Gasteiger partial charge on any atom is -0.395 e. The molecule has 0 radical (unpaired) electrons. The minimum atomic E-state index is -3.90. The van der Waals surface area contributed by atoms with Gasteiger partial charge in [0.15, 0.2) is 11.3 Å². The van der Waals surface area contributed by atoms with Gasteiger partial charge in [0.05, 0.1) is 31.3 Å². The number of aliphatic hydroxyl groups excluding tert-OH is 2. The van der Waals surface area contributed by atoms with Gasteiger partial charge in [-0.25, -0.2) is 14.4 Å². The highest BCUT2D eigenvalue weighted by molar-refractivity contribution is 8.13. The van der Waals surface area contributed by atoms with E-state index in [1.54, 1.807) is 13.8 Å². The first kappa shape index (κ1) is 29.9. The predicted octanol–water partition coefficient (Wildman–Crippen LogP) is 1.78. The first-order valence-corrected chi connectivity index (χ1v) is 15.1. The largest absolute Gasteiger partial charge is 0.405 e. The molecule has 0 bridgehead atoms. The Kier molecular flexibility index (Phi) is 9.34. The molecule has 1 aromatic carbocycles. The average Bonchev–Trinajstić information content (AvgIpc) is 3.68. The van der Waals surface area contributed by atoms with Gasteiger partial charge in [0.2, 0.25) is 0 Å². The fraction of sp³-hybridized carbons (Fsp3) is 0.560. The maximum absolute atomic E-state index is 13.7. The summed E-state index contributed by atoms with van der Waals surface area (Å²) in [4.78, 5) is 38.2. The predicted molar refractivity (Wildman–Crippen MR) is 144 cm³/mol. The Balaban J connectivity index is 1.42. The van der Waals surface area contributed by atoms with Gasteiger partial charge in [-0.05, 0) is 32.3 Å². The van der Waals surface area contributed by atoms with Crippen molar-refractivity contribution in [1.29, 1.82) is 0 Å². The summed E-state index contributed by atoms with van der Waals surface area (Å²) in [7, 11) is -3.90. The molecule has 39 heavy (non-hydrogen) atoms. The second-order valence-corrected chi connectivity index (χ2v) is 13.2. The highest BCUT2D eigenvalue weighted by Crippen LogP contribution is 2.61. The molecule has 0 amide bonds. The number of carbonyl (C=O) groups excluding carboxylic acids is 1. The van der Waals surface area contributed by atoms with Crippen LogP contribution in [0.5, 0.6) is 0 Å². The van der Waals surface area contributed by atoms with Crippen LogP contribution in [-0.2, 0) is 29.7 Å². The van der Waals surface area contributed by atoms with Crippen LogP contribution in [-0.4, -0.2) is 62.7 Å². The summed E-state index contributed by atoms with van der Waals surface area (Å²) in [5, 5.41) is 23.0. The Labute approximate surface area is 229 Å². The molecule has 1 aliphatic carbocycles. The van der Waals surface area contributed by atoms with E-state index >= 15 is 0 Å². The molecule has 2 aromatic rings. The van der Waals surface area contributed by atoms with Gasteiger partial charge < -0.3 is 14.9 Å². The van der Waals surface area contributed by atoms with E-state index in [-0.39, 0.29) is 37.2 Å². The summed E-state index contributed by atoms with van der Waals surface area (Å²) in [5.74, 6) is 0.197. The fourth-order valence-electron chi connectivity index (χ4n) is 4.30. The summed E-state index contributed by atoms with van der Waals surface area (Å²) in [6.07, 6.45) is -0.253. The van der Waals surface area contributed by atoms with Crippen LogP contribution >= 0.6 is 19.5 Å². The fourth-order valence-corrected chi connectivity index (χ4v) is 6.52. The number of ether oxygens (including phenoxy) is 1. The lowest BCUT2D eigenvalue weighted by Gasteiger charge is -2.24. The van der Waals surface area contributed by atoms with Gasteiger partial charge in [0.1, 0.15) is 6.10 Å². The molecule has 214 valence electrons. The van der Waals surface area contributed by atoms with Crippen molar-refractivity contribution in [2.45, 2.75) is 51.7 Å². The van der Waals surface area contributed by atoms with E-state index in [4.69, 9.17) is 13.8 Å². The maximum atomic E-state index is 13.7. The van der Waals surface area contributed by atoms with Crippen LogP contribution in [0.3, 0.4) is 0 Å². The van der Waals surface area contributed by atoms with E-state index in [1.165, 1.54) is 12.3 Å². The van der Waals surface area contributed by atoms with Gasteiger partial charge in [0, 0.05) is 30.0 Å². The van der Waals surface area contributed by atoms with Crippen molar-refractivity contribution in [1.82, 2.24) is 14.6 Å². The molecule has 1 spiro atoms. The van der Waals surface area contributed by atoms with E-state index in [0.717, 1.165) is 21.9 Å². The molecule has 4 atom stereocenters. The van der Waals surface area contributed by atoms with Gasteiger partial charge in [-0.15, -0.1) is 0 Å². The number of nitrogens with one attached hydrogen (secondary N) is 2. The summed E-state index contributed by atoms with van der Waals surface area (Å²) in [5.41, 5.74) is -2.00. The third-order valence-electron chi connectivity index (χ3n) is 7.00. The van der Waals surface area contributed by atoms with Crippen LogP contribution in [0.4, 0.5) is 0 Å². The van der Waals surface area contributed by atoms with Crippen LogP contribution < -0.4 is 16.3 Å². The number of nitrogens with zero attached hydrogens (tertiary/aromatic N) is 1. The topological polar surface area (TPSA) is 169 Å². The number of hydrogen-bond donors (Lipinski definition) is 4. The Hall–Kier alpha value is -2.09. The molecule has 14 heteroatoms. The highest BCUT2D eigenvalue weighted by Gasteiger charge is 2.64. The lowest BCUT2D eigenvalue weighted by Crippen LogP contribution is -2.36. The van der Waals surface area contributed by atoms with Gasteiger partial charge in [0.25, 0.3) is 5.56 Å². The molecule has 2 aliphatic rings. The second-order valence-electron chi connectivity index (χ2n) is 10.3. The molecular formula is C25H34N3O9PS. The Morgan fingerprint density at radius 3 is 2.62 bits per heavy atom. The summed E-state index contributed by atoms with van der Waals surface area (Å²) in [6.45, 7) is 2.92. The van der Waals surface area contributed by atoms with E-state index < -0.39 is 48.3 Å². The number of rotatable bonds is 13. The molecular weight excluding hydrogens is 549 g/mol. The molecule has 2 unspecified atom stereocenters. The summed E-state index contributed by atoms with van der Waals surface area (Å²) in [6, 6.07) is 10.4. The van der Waals surface area contributed by atoms with E-state index in [2.05, 4.69) is 10.1 Å². The number of aromatic nitrogens is 2. The van der Waals surface area contributed by atoms with E-state index in [1.807, 2.05) is 30.3 Å². The smallest absolute Gasteiger partial charge is 0.395 e. The van der Waals surface area contributed by atoms with Crippen LogP contribution in [0.1, 0.15) is 38.5 Å². The lowest BCUT2D eigenvalue weighted by molar-refractivity contribution is -0.119. The summed E-state index contributed by atoms with van der Waals surface area (Å²) < 4.78 is 32.3. The van der Waals surface area contributed by atoms with Gasteiger partial charge >= 0.3 is 13.4 Å². The van der Waals surface area contributed by atoms with Gasteiger partial charge in [-0.3, -0.25) is 28.2 Å². The summed E-state index contributed by atoms with van der Waals surface area (Å²) >= 11 is 0.973. The van der Waals surface area contributed by atoms with Crippen molar-refractivity contribution in [3.05, 3.63) is 69.0 Å². The van der Waals surface area contributed by atoms with Crippen LogP contribution in [0.25, 0.3) is 0 Å². The van der Waals surface area contributed by atoms with Crippen LogP contribution in [0, 0.1) is 10.8 Å². The standard InChI is InChI=1S/C25H34N3O9PS/c1-24(2,16-29)22(32)39-13-12-35-38(34,26-14-17-6-4-3-5-7-17)36-15-18-25(9-10-25)20(31)21(37-18)28-11-8-19(30)27-23(28)33/h3-8,11,18,20-21,29,31H,9-10,12-16H2,1-2H3,(H,26,34)(H,27,30,33)/t18-,20+,21?,38?/m1/s1. The molecule has 1 saturated carbocycles. The highest BCUT2D eigenvalue weighted by atomic mass is 32.2. The number of H-pyrrole nitrogens is 1. The molecule has 4 rings (SSSR count). The third kappa shape index (κ3) is 6.98. The SMILES string of the molecule is CC(C)(CO)C(=O)SCCOP(=O)(NCc1ccccc1)OC[C@H]1OC(n2ccc(=O)[nH]c2=O)[C@H](O)C12CC2. The molecule has 1 aliphatic heterocycles. The number of aromatic amines is 1. The van der Waals surface area contributed by atoms with Crippen molar-refractivity contribution in [2.24, 2.45) is 10.8 Å². The van der Waals surface area contributed by atoms with Crippen molar-refractivity contribution < 1.29 is 33.4 Å². The number of hydrogen-bond acceptors (Lipinski definition) is 10. The van der Waals surface area contributed by atoms with Gasteiger partial charge in [-0.1, -0.05) is 42.1 Å². The molecule has 4 N–H and O–H groups in total. The number of benzene rings is 1. The van der Waals surface area contributed by atoms with Crippen molar-refractivity contribution in [3.8, 4) is 0 Å². The maximum Gasteiger partial charge on any atom is 0.405 e. The number of thioether (sulfide) groups is 1. The monoisotopic (exact) mass is 583 g/mol. The minimum absolute atomic E-state index is 0.0638. The number of aliphatic hydroxyl groups is 2. The Morgan fingerprint density at radius 2 is 1.97 bits per heavy atom. The van der Waals surface area contributed by atoms with Gasteiger partial charge in [-0.2, -0.15) is 0 Å². The molecule has 2 fully saturated rings. The van der Waals surface area contributed by atoms with Crippen LogP contribution in [0.2, 0.25) is 0 Å². The number of carbonyl (C=O) groups is 1. The van der Waals surface area contributed by atoms with E-state index in [9.17, 15) is 29.2 Å². The average molecular weight is 584 g/mol. The Bertz CT molecular complexity index is 1310. The normalized spacial score (nSPS) is 23.5. The zero-order chi connectivity index (χ0) is 28.3. The van der Waals surface area contributed by atoms with Crippen molar-refractivity contribution in [2.75, 3.05) is 25.6 Å². The quantitative estimate of drug-likeness (QED) is 0.200. The second kappa shape index (κ2) is 12.2. The molecule has 12 nitrogen and oxygen atoms in total. The van der Waals surface area contributed by atoms with Crippen molar-refractivity contribution >= 4 is 24.6 Å². The Morgan fingerprint density at radius 1 is 1.26 bits per heavy atom. The molecule has 1 aromatic heterocycles. The zero-order valence-corrected chi connectivity index (χ0v) is 23.5. The first-order valence-electron chi connectivity index (χ1n) is 12.6. The molecule has 1 saturated heterocycles. The van der Waals surface area contributed by atoms with Crippen LogP contribution in [0.15, 0.2) is 52.2 Å². The lowest BCUT2D eigenvalue weighted by atomic mass is 9.95. The first-order chi connectivity index (χ1) is 18.5. The molecule has 2 heterocycles. The van der Waals surface area contributed by atoms with Crippen molar-refractivity contribution in [3.63, 3.8) is 0 Å². The third-order valence-corrected chi connectivity index (χ3v) is 9.74. The van der Waals surface area contributed by atoms with E-state index in [0.29, 0.717) is 12.8 Å². The zero-order valence-electron chi connectivity index (χ0n) is 21.8.